The second-order valence-corrected chi connectivity index (χ2v) is 3.63. The van der Waals surface area contributed by atoms with Crippen molar-refractivity contribution in [3.8, 4) is 0 Å². The van der Waals surface area contributed by atoms with Crippen LogP contribution in [-0.2, 0) is 14.3 Å². The molecule has 0 aliphatic carbocycles. The Labute approximate surface area is 83.6 Å². The highest BCUT2D eigenvalue weighted by atomic mass is 16.9. The van der Waals surface area contributed by atoms with E-state index in [9.17, 15) is 9.59 Å². The number of unbranched alkanes of at least 4 members (excludes halogenated alkanes) is 3. The van der Waals surface area contributed by atoms with Gasteiger partial charge in [0.25, 0.3) is 0 Å². The molecule has 0 unspecified atom stereocenters. The van der Waals surface area contributed by atoms with Crippen LogP contribution in [0.1, 0.15) is 46.0 Å². The second kappa shape index (κ2) is 4.44. The number of hydrogen-bond donors (Lipinski definition) is 0. The van der Waals surface area contributed by atoms with Crippen molar-refractivity contribution in [2.45, 2.75) is 51.7 Å². The first-order chi connectivity index (χ1) is 6.58. The van der Waals surface area contributed by atoms with Crippen molar-refractivity contribution in [1.82, 2.24) is 0 Å². The second-order valence-electron chi connectivity index (χ2n) is 3.63. The molecule has 1 aliphatic rings. The van der Waals surface area contributed by atoms with Crippen LogP contribution in [0.25, 0.3) is 0 Å². The van der Waals surface area contributed by atoms with Crippen molar-refractivity contribution >= 4 is 11.9 Å². The molecule has 1 saturated heterocycles. The SMILES string of the molecule is CCCCCCC(=O)C1(C)OC(=O)O1. The molecule has 0 aromatic heterocycles. The van der Waals surface area contributed by atoms with Crippen molar-refractivity contribution in [1.29, 1.82) is 0 Å². The van der Waals surface area contributed by atoms with Crippen molar-refractivity contribution in [2.75, 3.05) is 0 Å². The molecule has 1 aliphatic heterocycles. The van der Waals surface area contributed by atoms with Crippen LogP contribution in [-0.4, -0.2) is 17.7 Å². The predicted molar refractivity (Wildman–Crippen MR) is 49.7 cm³/mol. The van der Waals surface area contributed by atoms with E-state index in [4.69, 9.17) is 0 Å². The molecule has 0 saturated carbocycles. The van der Waals surface area contributed by atoms with E-state index in [1.807, 2.05) is 0 Å². The molecule has 0 spiro atoms. The fraction of sp³-hybridized carbons (Fsp3) is 0.800. The summed E-state index contributed by atoms with van der Waals surface area (Å²) in [5.74, 6) is -1.43. The zero-order valence-electron chi connectivity index (χ0n) is 8.67. The van der Waals surface area contributed by atoms with Crippen LogP contribution in [0.5, 0.6) is 0 Å². The van der Waals surface area contributed by atoms with Gasteiger partial charge in [0.05, 0.1) is 0 Å². The van der Waals surface area contributed by atoms with E-state index < -0.39 is 11.9 Å². The highest BCUT2D eigenvalue weighted by Gasteiger charge is 2.50. The van der Waals surface area contributed by atoms with E-state index in [-0.39, 0.29) is 5.78 Å². The average molecular weight is 200 g/mol. The Morgan fingerprint density at radius 3 is 2.43 bits per heavy atom. The highest BCUT2D eigenvalue weighted by molar-refractivity contribution is 5.91. The number of carbonyl (C=O) groups excluding carboxylic acids is 2. The Morgan fingerprint density at radius 2 is 1.93 bits per heavy atom. The van der Waals surface area contributed by atoms with Crippen LogP contribution in [0.4, 0.5) is 4.79 Å². The van der Waals surface area contributed by atoms with Crippen LogP contribution in [0, 0.1) is 0 Å². The molecule has 4 heteroatoms. The first kappa shape index (κ1) is 11.0. The number of ketones is 1. The van der Waals surface area contributed by atoms with Crippen LogP contribution in [0.3, 0.4) is 0 Å². The van der Waals surface area contributed by atoms with Gasteiger partial charge in [0.1, 0.15) is 0 Å². The fourth-order valence-electron chi connectivity index (χ4n) is 1.38. The molecule has 0 N–H and O–H groups in total. The van der Waals surface area contributed by atoms with Gasteiger partial charge in [-0.2, -0.15) is 0 Å². The largest absolute Gasteiger partial charge is 0.515 e. The lowest BCUT2D eigenvalue weighted by molar-refractivity contribution is -0.247. The lowest BCUT2D eigenvalue weighted by Gasteiger charge is -2.34. The first-order valence-corrected chi connectivity index (χ1v) is 5.04. The smallest absolute Gasteiger partial charge is 0.383 e. The summed E-state index contributed by atoms with van der Waals surface area (Å²) >= 11 is 0. The summed E-state index contributed by atoms with van der Waals surface area (Å²) in [6, 6.07) is 0. The quantitative estimate of drug-likeness (QED) is 0.488. The normalized spacial score (nSPS) is 18.0. The van der Waals surface area contributed by atoms with Gasteiger partial charge in [-0.25, -0.2) is 4.79 Å². The third-order valence-electron chi connectivity index (χ3n) is 2.32. The average Bonchev–Trinajstić information content (AvgIpc) is 2.09. The maximum atomic E-state index is 11.5. The van der Waals surface area contributed by atoms with Gasteiger partial charge < -0.3 is 9.47 Å². The molecule has 80 valence electrons. The monoisotopic (exact) mass is 200 g/mol. The van der Waals surface area contributed by atoms with Gasteiger partial charge >= 0.3 is 11.9 Å². The zero-order valence-corrected chi connectivity index (χ0v) is 8.67. The van der Waals surface area contributed by atoms with E-state index in [0.29, 0.717) is 6.42 Å². The molecule has 1 rings (SSSR count). The summed E-state index contributed by atoms with van der Waals surface area (Å²) in [5.41, 5.74) is 0. The number of hydrogen-bond acceptors (Lipinski definition) is 4. The van der Waals surface area contributed by atoms with Crippen LogP contribution in [0.2, 0.25) is 0 Å². The molecular formula is C10H16O4. The topological polar surface area (TPSA) is 52.6 Å². The molecule has 0 amide bonds. The third kappa shape index (κ3) is 2.47. The number of Topliss-reactive ketones (excluding diaryl/α,β-unsaturated/α-hetero) is 1. The van der Waals surface area contributed by atoms with Crippen molar-refractivity contribution in [3.05, 3.63) is 0 Å². The minimum Gasteiger partial charge on any atom is -0.383 e. The number of carbonyl (C=O) groups is 2. The Hall–Kier alpha value is -1.06. The summed E-state index contributed by atoms with van der Waals surface area (Å²) in [7, 11) is 0. The number of ether oxygens (including phenoxy) is 2. The molecule has 0 bridgehead atoms. The molecule has 0 radical (unpaired) electrons. The molecule has 0 aromatic carbocycles. The molecule has 0 aromatic rings. The summed E-state index contributed by atoms with van der Waals surface area (Å²) in [6.07, 6.45) is 3.80. The van der Waals surface area contributed by atoms with E-state index in [0.717, 1.165) is 25.7 Å². The standard InChI is InChI=1S/C10H16O4/c1-3-4-5-6-7-8(11)10(2)13-9(12)14-10/h3-7H2,1-2H3. The van der Waals surface area contributed by atoms with E-state index >= 15 is 0 Å². The Balaban J connectivity index is 2.19. The first-order valence-electron chi connectivity index (χ1n) is 5.04. The van der Waals surface area contributed by atoms with Crippen molar-refractivity contribution in [2.24, 2.45) is 0 Å². The lowest BCUT2D eigenvalue weighted by Crippen LogP contribution is -2.53. The minimum atomic E-state index is -1.29. The maximum Gasteiger partial charge on any atom is 0.515 e. The molecule has 1 fully saturated rings. The summed E-state index contributed by atoms with van der Waals surface area (Å²) in [4.78, 5) is 21.9. The third-order valence-corrected chi connectivity index (χ3v) is 2.32. The Morgan fingerprint density at radius 1 is 1.29 bits per heavy atom. The van der Waals surface area contributed by atoms with Gasteiger partial charge in [-0.05, 0) is 6.42 Å². The van der Waals surface area contributed by atoms with Gasteiger partial charge in [0.15, 0.2) is 0 Å². The summed E-state index contributed by atoms with van der Waals surface area (Å²) < 4.78 is 9.27. The highest BCUT2D eigenvalue weighted by Crippen LogP contribution is 2.27. The Bertz CT molecular complexity index is 226. The lowest BCUT2D eigenvalue weighted by atomic mass is 10.0. The zero-order chi connectivity index (χ0) is 10.6. The van der Waals surface area contributed by atoms with Gasteiger partial charge in [0, 0.05) is 13.3 Å². The summed E-state index contributed by atoms with van der Waals surface area (Å²) in [6.45, 7) is 3.59. The molecule has 4 nitrogen and oxygen atoms in total. The van der Waals surface area contributed by atoms with E-state index in [1.54, 1.807) is 0 Å². The number of cyclic esters (lactones) is 2. The molecule has 1 heterocycles. The number of rotatable bonds is 6. The van der Waals surface area contributed by atoms with Gasteiger partial charge in [-0.1, -0.05) is 26.2 Å². The van der Waals surface area contributed by atoms with Gasteiger partial charge in [0.2, 0.25) is 5.78 Å². The Kier molecular flexibility index (Phi) is 3.49. The van der Waals surface area contributed by atoms with Crippen LogP contribution < -0.4 is 0 Å². The molecule has 0 atom stereocenters. The van der Waals surface area contributed by atoms with Gasteiger partial charge in [-0.3, -0.25) is 4.79 Å². The van der Waals surface area contributed by atoms with E-state index in [2.05, 4.69) is 16.4 Å². The van der Waals surface area contributed by atoms with Gasteiger partial charge in [-0.15, -0.1) is 0 Å². The fourth-order valence-corrected chi connectivity index (χ4v) is 1.38. The van der Waals surface area contributed by atoms with Crippen molar-refractivity contribution < 1.29 is 19.1 Å². The predicted octanol–water partition coefficient (Wildman–Crippen LogP) is 2.41. The maximum absolute atomic E-state index is 11.5. The molecular weight excluding hydrogens is 184 g/mol. The molecule has 14 heavy (non-hydrogen) atoms. The van der Waals surface area contributed by atoms with Crippen LogP contribution in [0.15, 0.2) is 0 Å². The minimum absolute atomic E-state index is 0.145. The van der Waals surface area contributed by atoms with E-state index in [1.165, 1.54) is 6.92 Å². The van der Waals surface area contributed by atoms with Crippen LogP contribution >= 0.6 is 0 Å². The van der Waals surface area contributed by atoms with Crippen molar-refractivity contribution in [3.63, 3.8) is 0 Å². The summed E-state index contributed by atoms with van der Waals surface area (Å²) in [5, 5.41) is 0.